The van der Waals surface area contributed by atoms with E-state index in [-0.39, 0.29) is 0 Å². The fourth-order valence-electron chi connectivity index (χ4n) is 0.430. The topological polar surface area (TPSA) is 84.6 Å². The lowest BCUT2D eigenvalue weighted by Gasteiger charge is -2.10. The summed E-state index contributed by atoms with van der Waals surface area (Å²) in [6.07, 6.45) is 0. The average molecular weight is 176 g/mol. The van der Waals surface area contributed by atoms with E-state index in [1.54, 1.807) is 0 Å². The average Bonchev–Trinajstić information content (AvgIpc) is 2.02. The van der Waals surface area contributed by atoms with E-state index in [4.69, 9.17) is 10.8 Å². The fourth-order valence-corrected chi connectivity index (χ4v) is 0.430. The fraction of sp³-hybridized carbons (Fsp3) is 0.857. The molecule has 0 aliphatic heterocycles. The summed E-state index contributed by atoms with van der Waals surface area (Å²) in [4.78, 5) is 15.3. The van der Waals surface area contributed by atoms with Gasteiger partial charge in [-0.05, 0) is 5.92 Å². The molecule has 0 aromatic heterocycles. The number of rotatable bonds is 5. The Bertz CT molecular complexity index is 139. The van der Waals surface area contributed by atoms with Gasteiger partial charge in [0.2, 0.25) is 0 Å². The van der Waals surface area contributed by atoms with Crippen molar-refractivity contribution in [3.8, 4) is 0 Å². The number of carbonyl (C=O) groups excluding carboxylic acids is 1. The van der Waals surface area contributed by atoms with Gasteiger partial charge in [0.1, 0.15) is 6.04 Å². The number of hydroxylamine groups is 1. The highest BCUT2D eigenvalue weighted by atomic mass is 16.7. The normalized spacial score (nSPS) is 13.1. The summed E-state index contributed by atoms with van der Waals surface area (Å²) in [5, 5.41) is 8.46. The molecule has 0 saturated carbocycles. The molecule has 0 heterocycles. The summed E-state index contributed by atoms with van der Waals surface area (Å²) in [5.41, 5.74) is 7.63. The summed E-state index contributed by atoms with van der Waals surface area (Å²) >= 11 is 0. The SMILES string of the molecule is CC(C)CNOC(=O)[C@@H](N)CO. The van der Waals surface area contributed by atoms with E-state index in [1.807, 2.05) is 13.8 Å². The first kappa shape index (κ1) is 11.4. The van der Waals surface area contributed by atoms with Gasteiger partial charge in [0.15, 0.2) is 0 Å². The predicted molar refractivity (Wildman–Crippen MR) is 44.0 cm³/mol. The Morgan fingerprint density at radius 1 is 1.67 bits per heavy atom. The minimum atomic E-state index is -0.954. The molecule has 1 atom stereocenters. The lowest BCUT2D eigenvalue weighted by Crippen LogP contribution is -2.39. The van der Waals surface area contributed by atoms with Crippen LogP contribution in [0.1, 0.15) is 13.8 Å². The predicted octanol–water partition coefficient (Wildman–Crippen LogP) is -0.990. The number of hydrogen-bond acceptors (Lipinski definition) is 5. The van der Waals surface area contributed by atoms with Crippen molar-refractivity contribution in [2.45, 2.75) is 19.9 Å². The van der Waals surface area contributed by atoms with Gasteiger partial charge < -0.3 is 15.7 Å². The lowest BCUT2D eigenvalue weighted by molar-refractivity contribution is -0.154. The van der Waals surface area contributed by atoms with Crippen LogP contribution in [0.5, 0.6) is 0 Å². The van der Waals surface area contributed by atoms with Crippen LogP contribution in [0.25, 0.3) is 0 Å². The Kier molecular flexibility index (Phi) is 5.61. The van der Waals surface area contributed by atoms with Crippen LogP contribution in [0.4, 0.5) is 0 Å². The maximum atomic E-state index is 10.8. The van der Waals surface area contributed by atoms with Crippen LogP contribution >= 0.6 is 0 Å². The molecule has 0 bridgehead atoms. The molecule has 0 rings (SSSR count). The standard InChI is InChI=1S/C7H16N2O3/c1-5(2)3-9-12-7(11)6(8)4-10/h5-6,9-10H,3-4,8H2,1-2H3/t6-/m0/s1. The van der Waals surface area contributed by atoms with Gasteiger partial charge in [0, 0.05) is 6.54 Å². The Morgan fingerprint density at radius 2 is 2.25 bits per heavy atom. The largest absolute Gasteiger partial charge is 0.394 e. The Hall–Kier alpha value is -0.650. The number of carbonyl (C=O) groups is 1. The molecule has 0 aromatic rings. The molecule has 0 aromatic carbocycles. The van der Waals surface area contributed by atoms with Gasteiger partial charge in [0.25, 0.3) is 0 Å². The molecular formula is C7H16N2O3. The van der Waals surface area contributed by atoms with Crippen molar-refractivity contribution in [2.24, 2.45) is 11.7 Å². The maximum Gasteiger partial charge on any atom is 0.343 e. The van der Waals surface area contributed by atoms with Crippen molar-refractivity contribution in [1.82, 2.24) is 5.48 Å². The summed E-state index contributed by atoms with van der Waals surface area (Å²) in [5.74, 6) is -0.249. The minimum absolute atomic E-state index is 0.392. The van der Waals surface area contributed by atoms with Crippen molar-refractivity contribution >= 4 is 5.97 Å². The number of nitrogens with two attached hydrogens (primary N) is 1. The Morgan fingerprint density at radius 3 is 2.67 bits per heavy atom. The van der Waals surface area contributed by atoms with Crippen molar-refractivity contribution in [1.29, 1.82) is 0 Å². The molecule has 5 nitrogen and oxygen atoms in total. The highest BCUT2D eigenvalue weighted by Crippen LogP contribution is 1.88. The third kappa shape index (κ3) is 5.06. The molecule has 0 aliphatic carbocycles. The molecule has 5 heteroatoms. The smallest absolute Gasteiger partial charge is 0.343 e. The van der Waals surface area contributed by atoms with Crippen LogP contribution in [0, 0.1) is 5.92 Å². The summed E-state index contributed by atoms with van der Waals surface area (Å²) < 4.78 is 0. The highest BCUT2D eigenvalue weighted by molar-refractivity contribution is 5.75. The van der Waals surface area contributed by atoms with Gasteiger partial charge in [-0.2, -0.15) is 5.48 Å². The summed E-state index contributed by atoms with van der Waals surface area (Å²) in [6.45, 7) is 4.13. The minimum Gasteiger partial charge on any atom is -0.394 e. The van der Waals surface area contributed by atoms with Gasteiger partial charge >= 0.3 is 5.97 Å². The van der Waals surface area contributed by atoms with Crippen molar-refractivity contribution in [2.75, 3.05) is 13.2 Å². The van der Waals surface area contributed by atoms with Gasteiger partial charge in [-0.15, -0.1) is 0 Å². The van der Waals surface area contributed by atoms with Crippen LogP contribution in [0.15, 0.2) is 0 Å². The molecule has 0 spiro atoms. The van der Waals surface area contributed by atoms with E-state index in [0.29, 0.717) is 12.5 Å². The van der Waals surface area contributed by atoms with Gasteiger partial charge in [-0.25, -0.2) is 4.79 Å². The molecule has 12 heavy (non-hydrogen) atoms. The van der Waals surface area contributed by atoms with E-state index in [1.165, 1.54) is 0 Å². The third-order valence-electron chi connectivity index (χ3n) is 1.16. The first-order valence-corrected chi connectivity index (χ1v) is 3.88. The quantitative estimate of drug-likeness (QED) is 0.468. The molecule has 0 saturated heterocycles. The van der Waals surface area contributed by atoms with Crippen LogP contribution < -0.4 is 11.2 Å². The highest BCUT2D eigenvalue weighted by Gasteiger charge is 2.13. The number of aliphatic hydroxyl groups is 1. The second-order valence-electron chi connectivity index (χ2n) is 2.95. The van der Waals surface area contributed by atoms with Crippen LogP contribution in [0.2, 0.25) is 0 Å². The van der Waals surface area contributed by atoms with Gasteiger partial charge in [0.05, 0.1) is 6.61 Å². The first-order chi connectivity index (χ1) is 5.57. The van der Waals surface area contributed by atoms with Crippen LogP contribution in [0.3, 0.4) is 0 Å². The summed E-state index contributed by atoms with van der Waals surface area (Å²) in [6, 6.07) is -0.954. The van der Waals surface area contributed by atoms with E-state index in [0.717, 1.165) is 0 Å². The molecule has 0 aliphatic rings. The number of nitrogens with one attached hydrogen (secondary N) is 1. The molecule has 4 N–H and O–H groups in total. The Labute approximate surface area is 71.8 Å². The molecular weight excluding hydrogens is 160 g/mol. The Balaban J connectivity index is 3.44. The van der Waals surface area contributed by atoms with E-state index >= 15 is 0 Å². The van der Waals surface area contributed by atoms with Crippen LogP contribution in [-0.2, 0) is 9.63 Å². The van der Waals surface area contributed by atoms with Crippen LogP contribution in [-0.4, -0.2) is 30.3 Å². The molecule has 0 fully saturated rings. The number of hydrogen-bond donors (Lipinski definition) is 3. The maximum absolute atomic E-state index is 10.8. The van der Waals surface area contributed by atoms with Gasteiger partial charge in [-0.3, -0.25) is 0 Å². The zero-order valence-corrected chi connectivity index (χ0v) is 7.41. The molecule has 0 radical (unpaired) electrons. The monoisotopic (exact) mass is 176 g/mol. The second-order valence-corrected chi connectivity index (χ2v) is 2.95. The molecule has 72 valence electrons. The first-order valence-electron chi connectivity index (χ1n) is 3.88. The van der Waals surface area contributed by atoms with E-state index in [2.05, 4.69) is 10.3 Å². The van der Waals surface area contributed by atoms with E-state index < -0.39 is 18.6 Å². The molecule has 0 unspecified atom stereocenters. The lowest BCUT2D eigenvalue weighted by atomic mass is 10.2. The number of aliphatic hydroxyl groups excluding tert-OH is 1. The zero-order chi connectivity index (χ0) is 9.56. The van der Waals surface area contributed by atoms with E-state index in [9.17, 15) is 4.79 Å². The van der Waals surface area contributed by atoms with Crippen molar-refractivity contribution in [3.63, 3.8) is 0 Å². The third-order valence-corrected chi connectivity index (χ3v) is 1.16. The van der Waals surface area contributed by atoms with Gasteiger partial charge in [-0.1, -0.05) is 13.8 Å². The van der Waals surface area contributed by atoms with Crippen molar-refractivity contribution < 1.29 is 14.7 Å². The summed E-state index contributed by atoms with van der Waals surface area (Å²) in [7, 11) is 0. The van der Waals surface area contributed by atoms with Crippen molar-refractivity contribution in [3.05, 3.63) is 0 Å². The second kappa shape index (κ2) is 5.93. The zero-order valence-electron chi connectivity index (χ0n) is 7.41. The molecule has 0 amide bonds.